The summed E-state index contributed by atoms with van der Waals surface area (Å²) in [6, 6.07) is 11.8. The lowest BCUT2D eigenvalue weighted by molar-refractivity contribution is 0.629. The van der Waals surface area contributed by atoms with E-state index in [0.29, 0.717) is 10.0 Å². The third-order valence-corrected chi connectivity index (χ3v) is 4.19. The molecule has 2 aromatic heterocycles. The zero-order valence-corrected chi connectivity index (χ0v) is 12.7. The Hall–Kier alpha value is -2.10. The second kappa shape index (κ2) is 4.97. The molecule has 1 N–H and O–H groups in total. The fourth-order valence-corrected chi connectivity index (χ4v) is 3.04. The molecule has 0 saturated heterocycles. The molecular formula is C17H9Cl2FN2. The van der Waals surface area contributed by atoms with Crippen molar-refractivity contribution in [1.82, 2.24) is 9.97 Å². The first-order valence-corrected chi connectivity index (χ1v) is 7.40. The van der Waals surface area contributed by atoms with Gasteiger partial charge < -0.3 is 4.98 Å². The highest BCUT2D eigenvalue weighted by atomic mass is 35.5. The van der Waals surface area contributed by atoms with Crippen molar-refractivity contribution in [3.8, 4) is 11.3 Å². The summed E-state index contributed by atoms with van der Waals surface area (Å²) in [5.41, 5.74) is 3.04. The van der Waals surface area contributed by atoms with Crippen LogP contribution in [0.25, 0.3) is 33.1 Å². The molecule has 4 aromatic rings. The number of nitrogens with one attached hydrogen (secondary N) is 1. The Bertz CT molecular complexity index is 1020. The minimum absolute atomic E-state index is 0.280. The zero-order valence-electron chi connectivity index (χ0n) is 11.2. The summed E-state index contributed by atoms with van der Waals surface area (Å²) in [6.07, 6.45) is 1.80. The molecular weight excluding hydrogens is 322 g/mol. The summed E-state index contributed by atoms with van der Waals surface area (Å²) in [5.74, 6) is -0.280. The Morgan fingerprint density at radius 2 is 1.77 bits per heavy atom. The molecule has 4 rings (SSSR count). The molecule has 0 bridgehead atoms. The van der Waals surface area contributed by atoms with E-state index in [4.69, 9.17) is 23.2 Å². The molecule has 0 aliphatic carbocycles. The molecule has 2 nitrogen and oxygen atoms in total. The van der Waals surface area contributed by atoms with Gasteiger partial charge in [-0.25, -0.2) is 9.37 Å². The van der Waals surface area contributed by atoms with Crippen LogP contribution >= 0.6 is 23.2 Å². The van der Waals surface area contributed by atoms with E-state index in [0.717, 1.165) is 33.1 Å². The van der Waals surface area contributed by atoms with E-state index in [1.165, 1.54) is 12.1 Å². The van der Waals surface area contributed by atoms with Gasteiger partial charge in [-0.3, -0.25) is 0 Å². The summed E-state index contributed by atoms with van der Waals surface area (Å²) in [6.45, 7) is 0. The molecule has 0 aliphatic rings. The van der Waals surface area contributed by atoms with E-state index in [2.05, 4.69) is 9.97 Å². The second-order valence-electron chi connectivity index (χ2n) is 5.04. The number of benzene rings is 2. The predicted molar refractivity (Wildman–Crippen MR) is 89.0 cm³/mol. The Labute approximate surface area is 135 Å². The van der Waals surface area contributed by atoms with E-state index in [1.807, 2.05) is 12.1 Å². The van der Waals surface area contributed by atoms with E-state index in [-0.39, 0.29) is 5.82 Å². The van der Waals surface area contributed by atoms with Gasteiger partial charge in [0.15, 0.2) is 0 Å². The van der Waals surface area contributed by atoms with Crippen LogP contribution in [0.3, 0.4) is 0 Å². The lowest BCUT2D eigenvalue weighted by Crippen LogP contribution is -1.86. The quantitative estimate of drug-likeness (QED) is 0.467. The van der Waals surface area contributed by atoms with Crippen LogP contribution in [-0.2, 0) is 0 Å². The molecule has 0 amide bonds. The molecule has 0 fully saturated rings. The van der Waals surface area contributed by atoms with Crippen molar-refractivity contribution in [3.05, 3.63) is 64.5 Å². The van der Waals surface area contributed by atoms with E-state index in [1.54, 1.807) is 24.4 Å². The number of aromatic nitrogens is 2. The molecule has 2 heterocycles. The SMILES string of the molecule is Fc1ccc2c(-c3cc(Cl)c4ccc(Cl)cc4n3)c[nH]c2c1. The van der Waals surface area contributed by atoms with Crippen molar-refractivity contribution < 1.29 is 4.39 Å². The number of H-pyrrole nitrogens is 1. The van der Waals surface area contributed by atoms with Crippen molar-refractivity contribution in [2.24, 2.45) is 0 Å². The van der Waals surface area contributed by atoms with Crippen LogP contribution in [0.1, 0.15) is 0 Å². The van der Waals surface area contributed by atoms with Crippen LogP contribution in [0.15, 0.2) is 48.7 Å². The minimum atomic E-state index is -0.280. The van der Waals surface area contributed by atoms with Crippen LogP contribution in [0.5, 0.6) is 0 Å². The van der Waals surface area contributed by atoms with Crippen LogP contribution in [0.4, 0.5) is 4.39 Å². The molecule has 0 aliphatic heterocycles. The summed E-state index contributed by atoms with van der Waals surface area (Å²) in [4.78, 5) is 7.69. The number of hydrogen-bond donors (Lipinski definition) is 1. The molecule has 22 heavy (non-hydrogen) atoms. The maximum absolute atomic E-state index is 13.3. The summed E-state index contributed by atoms with van der Waals surface area (Å²) < 4.78 is 13.3. The van der Waals surface area contributed by atoms with Gasteiger partial charge in [0.1, 0.15) is 5.82 Å². The molecule has 0 spiro atoms. The maximum Gasteiger partial charge on any atom is 0.125 e. The summed E-state index contributed by atoms with van der Waals surface area (Å²) in [7, 11) is 0. The lowest BCUT2D eigenvalue weighted by Gasteiger charge is -2.05. The van der Waals surface area contributed by atoms with Gasteiger partial charge in [-0.1, -0.05) is 23.2 Å². The minimum Gasteiger partial charge on any atom is -0.360 e. The number of hydrogen-bond acceptors (Lipinski definition) is 1. The van der Waals surface area contributed by atoms with Gasteiger partial charge in [0.25, 0.3) is 0 Å². The average molecular weight is 331 g/mol. The molecule has 0 saturated carbocycles. The van der Waals surface area contributed by atoms with Crippen molar-refractivity contribution in [2.75, 3.05) is 0 Å². The topological polar surface area (TPSA) is 28.7 Å². The molecule has 108 valence electrons. The largest absolute Gasteiger partial charge is 0.360 e. The normalized spacial score (nSPS) is 11.4. The number of aromatic amines is 1. The van der Waals surface area contributed by atoms with Crippen LogP contribution in [0.2, 0.25) is 10.0 Å². The van der Waals surface area contributed by atoms with Gasteiger partial charge in [-0.15, -0.1) is 0 Å². The van der Waals surface area contributed by atoms with Gasteiger partial charge in [-0.2, -0.15) is 0 Å². The van der Waals surface area contributed by atoms with Gasteiger partial charge in [-0.05, 0) is 42.5 Å². The van der Waals surface area contributed by atoms with Crippen LogP contribution in [-0.4, -0.2) is 9.97 Å². The summed E-state index contributed by atoms with van der Waals surface area (Å²) >= 11 is 12.4. The Morgan fingerprint density at radius 3 is 2.64 bits per heavy atom. The van der Waals surface area contributed by atoms with Crippen molar-refractivity contribution in [3.63, 3.8) is 0 Å². The van der Waals surface area contributed by atoms with E-state index >= 15 is 0 Å². The smallest absolute Gasteiger partial charge is 0.125 e. The third-order valence-electron chi connectivity index (χ3n) is 3.64. The molecule has 5 heteroatoms. The summed E-state index contributed by atoms with van der Waals surface area (Å²) in [5, 5.41) is 2.95. The standard InChI is InChI=1S/C17H9Cl2FN2/c18-9-1-3-12-14(19)7-17(22-16(12)5-9)13-8-21-15-6-10(20)2-4-11(13)15/h1-8,21H. The molecule has 0 atom stereocenters. The van der Waals surface area contributed by atoms with Gasteiger partial charge in [0.05, 0.1) is 16.2 Å². The monoisotopic (exact) mass is 330 g/mol. The Morgan fingerprint density at radius 1 is 0.955 bits per heavy atom. The second-order valence-corrected chi connectivity index (χ2v) is 5.89. The number of halogens is 3. The first-order valence-electron chi connectivity index (χ1n) is 6.64. The average Bonchev–Trinajstić information content (AvgIpc) is 2.89. The number of rotatable bonds is 1. The number of fused-ring (bicyclic) bond motifs is 2. The Kier molecular flexibility index (Phi) is 3.06. The number of pyridine rings is 1. The lowest BCUT2D eigenvalue weighted by atomic mass is 10.1. The van der Waals surface area contributed by atoms with E-state index in [9.17, 15) is 4.39 Å². The molecule has 2 aromatic carbocycles. The van der Waals surface area contributed by atoms with Gasteiger partial charge in [0, 0.05) is 33.1 Å². The Balaban J connectivity index is 1.99. The first kappa shape index (κ1) is 13.6. The fraction of sp³-hybridized carbons (Fsp3) is 0. The van der Waals surface area contributed by atoms with Crippen molar-refractivity contribution in [2.45, 2.75) is 0 Å². The highest BCUT2D eigenvalue weighted by Gasteiger charge is 2.11. The highest BCUT2D eigenvalue weighted by molar-refractivity contribution is 6.36. The highest BCUT2D eigenvalue weighted by Crippen LogP contribution is 2.33. The van der Waals surface area contributed by atoms with Crippen LogP contribution < -0.4 is 0 Å². The molecule has 0 radical (unpaired) electrons. The molecule has 0 unspecified atom stereocenters. The van der Waals surface area contributed by atoms with E-state index < -0.39 is 0 Å². The van der Waals surface area contributed by atoms with Crippen molar-refractivity contribution >= 4 is 45.0 Å². The fourth-order valence-electron chi connectivity index (χ4n) is 2.61. The zero-order chi connectivity index (χ0) is 15.3. The van der Waals surface area contributed by atoms with Gasteiger partial charge >= 0.3 is 0 Å². The number of nitrogens with zero attached hydrogens (tertiary/aromatic N) is 1. The first-order chi connectivity index (χ1) is 10.6. The predicted octanol–water partition coefficient (Wildman–Crippen LogP) is 5.83. The third kappa shape index (κ3) is 2.14. The van der Waals surface area contributed by atoms with Gasteiger partial charge in [0.2, 0.25) is 0 Å². The van der Waals surface area contributed by atoms with Crippen molar-refractivity contribution in [1.29, 1.82) is 0 Å². The maximum atomic E-state index is 13.3. The van der Waals surface area contributed by atoms with Crippen LogP contribution in [0, 0.1) is 5.82 Å².